The molecule has 3 nitrogen and oxygen atoms in total. The standard InChI is InChI=1S/C12H18N2O/c1-2-3-6-9-14-11(15)12(10-13)7-4-5-8-12/h2-3H,4-9H2,1H3,(H,14,15)/b3-2+. The largest absolute Gasteiger partial charge is 0.354 e. The van der Waals surface area contributed by atoms with Crippen LogP contribution in [0.3, 0.4) is 0 Å². The minimum absolute atomic E-state index is 0.0768. The van der Waals surface area contributed by atoms with Crippen LogP contribution in [0.15, 0.2) is 12.2 Å². The van der Waals surface area contributed by atoms with Crippen LogP contribution >= 0.6 is 0 Å². The molecule has 0 aromatic carbocycles. The van der Waals surface area contributed by atoms with Gasteiger partial charge < -0.3 is 5.32 Å². The lowest BCUT2D eigenvalue weighted by atomic mass is 9.87. The van der Waals surface area contributed by atoms with Crippen molar-refractivity contribution < 1.29 is 4.79 Å². The van der Waals surface area contributed by atoms with Crippen molar-refractivity contribution in [3.05, 3.63) is 12.2 Å². The number of allylic oxidation sites excluding steroid dienone is 1. The molecule has 0 heterocycles. The number of carbonyl (C=O) groups is 1. The van der Waals surface area contributed by atoms with Gasteiger partial charge in [0.2, 0.25) is 5.91 Å². The van der Waals surface area contributed by atoms with E-state index in [1.807, 2.05) is 19.1 Å². The Hall–Kier alpha value is -1.30. The fraction of sp³-hybridized carbons (Fsp3) is 0.667. The summed E-state index contributed by atoms with van der Waals surface area (Å²) in [5, 5.41) is 11.9. The van der Waals surface area contributed by atoms with Gasteiger partial charge in [0.15, 0.2) is 0 Å². The summed E-state index contributed by atoms with van der Waals surface area (Å²) in [5.41, 5.74) is -0.726. The van der Waals surface area contributed by atoms with E-state index in [9.17, 15) is 4.79 Å². The summed E-state index contributed by atoms with van der Waals surface area (Å²) in [6, 6.07) is 2.19. The van der Waals surface area contributed by atoms with Crippen molar-refractivity contribution in [1.29, 1.82) is 5.26 Å². The van der Waals surface area contributed by atoms with Crippen LogP contribution in [0.1, 0.15) is 39.0 Å². The predicted octanol–water partition coefficient (Wildman–Crippen LogP) is 2.15. The molecule has 3 heteroatoms. The van der Waals surface area contributed by atoms with Crippen molar-refractivity contribution in [1.82, 2.24) is 5.32 Å². The second kappa shape index (κ2) is 5.55. The maximum absolute atomic E-state index is 11.8. The maximum Gasteiger partial charge on any atom is 0.240 e. The van der Waals surface area contributed by atoms with Gasteiger partial charge in [0.25, 0.3) is 0 Å². The van der Waals surface area contributed by atoms with Gasteiger partial charge in [-0.2, -0.15) is 5.26 Å². The molecule has 1 rings (SSSR count). The molecule has 82 valence electrons. The summed E-state index contributed by atoms with van der Waals surface area (Å²) in [6.07, 6.45) is 8.24. The molecule has 0 spiro atoms. The van der Waals surface area contributed by atoms with Crippen LogP contribution in [0.2, 0.25) is 0 Å². The van der Waals surface area contributed by atoms with Crippen molar-refractivity contribution in [2.45, 2.75) is 39.0 Å². The molecular weight excluding hydrogens is 188 g/mol. The van der Waals surface area contributed by atoms with Gasteiger partial charge in [-0.05, 0) is 26.2 Å². The first-order chi connectivity index (χ1) is 7.25. The van der Waals surface area contributed by atoms with Crippen LogP contribution in [-0.2, 0) is 4.79 Å². The lowest BCUT2D eigenvalue weighted by Crippen LogP contribution is -2.38. The van der Waals surface area contributed by atoms with Gasteiger partial charge in [0, 0.05) is 6.54 Å². The zero-order valence-electron chi connectivity index (χ0n) is 9.25. The molecule has 0 aromatic heterocycles. The van der Waals surface area contributed by atoms with Crippen LogP contribution in [0.5, 0.6) is 0 Å². The Morgan fingerprint density at radius 1 is 1.53 bits per heavy atom. The highest BCUT2D eigenvalue weighted by Gasteiger charge is 2.41. The monoisotopic (exact) mass is 206 g/mol. The fourth-order valence-electron chi connectivity index (χ4n) is 1.97. The van der Waals surface area contributed by atoms with Crippen molar-refractivity contribution in [3.63, 3.8) is 0 Å². The third kappa shape index (κ3) is 2.82. The smallest absolute Gasteiger partial charge is 0.240 e. The van der Waals surface area contributed by atoms with Crippen molar-refractivity contribution in [2.75, 3.05) is 6.54 Å². The van der Waals surface area contributed by atoms with E-state index in [4.69, 9.17) is 5.26 Å². The molecule has 0 bridgehead atoms. The minimum Gasteiger partial charge on any atom is -0.354 e. The van der Waals surface area contributed by atoms with Gasteiger partial charge in [-0.3, -0.25) is 4.79 Å². The van der Waals surface area contributed by atoms with Crippen molar-refractivity contribution in [3.8, 4) is 6.07 Å². The molecule has 1 amide bonds. The van der Waals surface area contributed by atoms with Crippen molar-refractivity contribution >= 4 is 5.91 Å². The minimum atomic E-state index is -0.726. The normalized spacial score (nSPS) is 18.9. The lowest BCUT2D eigenvalue weighted by molar-refractivity contribution is -0.127. The van der Waals surface area contributed by atoms with E-state index in [2.05, 4.69) is 11.4 Å². The Balaban J connectivity index is 2.41. The van der Waals surface area contributed by atoms with Gasteiger partial charge in [0.1, 0.15) is 5.41 Å². The molecule has 0 unspecified atom stereocenters. The third-order valence-corrected chi connectivity index (χ3v) is 2.94. The first-order valence-corrected chi connectivity index (χ1v) is 5.56. The van der Waals surface area contributed by atoms with E-state index in [0.29, 0.717) is 6.54 Å². The summed E-state index contributed by atoms with van der Waals surface area (Å²) in [4.78, 5) is 11.8. The Morgan fingerprint density at radius 3 is 2.73 bits per heavy atom. The molecule has 1 aliphatic rings. The van der Waals surface area contributed by atoms with Crippen LogP contribution in [-0.4, -0.2) is 12.5 Å². The average Bonchev–Trinajstić information content (AvgIpc) is 2.74. The second-order valence-electron chi connectivity index (χ2n) is 4.01. The number of hydrogen-bond donors (Lipinski definition) is 1. The first-order valence-electron chi connectivity index (χ1n) is 5.56. The van der Waals surface area contributed by atoms with Gasteiger partial charge >= 0.3 is 0 Å². The van der Waals surface area contributed by atoms with E-state index in [0.717, 1.165) is 32.1 Å². The van der Waals surface area contributed by atoms with Gasteiger partial charge in [-0.1, -0.05) is 25.0 Å². The Morgan fingerprint density at radius 2 is 2.20 bits per heavy atom. The fourth-order valence-corrected chi connectivity index (χ4v) is 1.97. The number of nitrogens with zero attached hydrogens (tertiary/aromatic N) is 1. The average molecular weight is 206 g/mol. The van der Waals surface area contributed by atoms with E-state index < -0.39 is 5.41 Å². The molecule has 1 saturated carbocycles. The number of nitrogens with one attached hydrogen (secondary N) is 1. The summed E-state index contributed by atoms with van der Waals surface area (Å²) >= 11 is 0. The second-order valence-corrected chi connectivity index (χ2v) is 4.01. The Bertz CT molecular complexity index is 282. The molecule has 0 radical (unpaired) electrons. The number of rotatable bonds is 4. The van der Waals surface area contributed by atoms with E-state index in [-0.39, 0.29) is 5.91 Å². The summed E-state index contributed by atoms with van der Waals surface area (Å²) in [7, 11) is 0. The number of carbonyl (C=O) groups excluding carboxylic acids is 1. The van der Waals surface area contributed by atoms with Gasteiger partial charge in [0.05, 0.1) is 6.07 Å². The lowest BCUT2D eigenvalue weighted by Gasteiger charge is -2.18. The first kappa shape index (κ1) is 11.8. The molecule has 0 aliphatic heterocycles. The van der Waals surface area contributed by atoms with Crippen molar-refractivity contribution in [2.24, 2.45) is 5.41 Å². The molecule has 1 N–H and O–H groups in total. The van der Waals surface area contributed by atoms with Gasteiger partial charge in [-0.25, -0.2) is 0 Å². The molecule has 0 saturated heterocycles. The van der Waals surface area contributed by atoms with E-state index in [1.54, 1.807) is 0 Å². The Labute approximate surface area is 91.2 Å². The molecular formula is C12H18N2O. The Kier molecular flexibility index (Phi) is 4.36. The molecule has 0 aromatic rings. The quantitative estimate of drug-likeness (QED) is 0.566. The zero-order chi connectivity index (χ0) is 11.1. The number of nitriles is 1. The number of amides is 1. The molecule has 1 aliphatic carbocycles. The zero-order valence-corrected chi connectivity index (χ0v) is 9.25. The summed E-state index contributed by atoms with van der Waals surface area (Å²) < 4.78 is 0. The van der Waals surface area contributed by atoms with Gasteiger partial charge in [-0.15, -0.1) is 0 Å². The number of hydrogen-bond acceptors (Lipinski definition) is 2. The maximum atomic E-state index is 11.8. The van der Waals surface area contributed by atoms with Crippen LogP contribution in [0, 0.1) is 16.7 Å². The van der Waals surface area contributed by atoms with Crippen LogP contribution in [0.25, 0.3) is 0 Å². The van der Waals surface area contributed by atoms with E-state index in [1.165, 1.54) is 0 Å². The van der Waals surface area contributed by atoms with Crippen LogP contribution < -0.4 is 5.32 Å². The highest BCUT2D eigenvalue weighted by molar-refractivity contribution is 5.85. The molecule has 15 heavy (non-hydrogen) atoms. The molecule has 1 fully saturated rings. The SMILES string of the molecule is C/C=C/CCNC(=O)C1(C#N)CCCC1. The van der Waals surface area contributed by atoms with Crippen LogP contribution in [0.4, 0.5) is 0 Å². The summed E-state index contributed by atoms with van der Waals surface area (Å²) in [6.45, 7) is 2.59. The topological polar surface area (TPSA) is 52.9 Å². The van der Waals surface area contributed by atoms with E-state index >= 15 is 0 Å². The third-order valence-electron chi connectivity index (χ3n) is 2.94. The summed E-state index contributed by atoms with van der Waals surface area (Å²) in [5.74, 6) is -0.0768. The molecule has 0 atom stereocenters. The highest BCUT2D eigenvalue weighted by atomic mass is 16.2. The highest BCUT2D eigenvalue weighted by Crippen LogP contribution is 2.37. The predicted molar refractivity (Wildman–Crippen MR) is 59.0 cm³/mol.